The number of ether oxygens (including phenoxy) is 1. The van der Waals surface area contributed by atoms with Gasteiger partial charge < -0.3 is 9.30 Å². The molecule has 2 heterocycles. The third kappa shape index (κ3) is 3.08. The Hall–Kier alpha value is -3.47. The Labute approximate surface area is 157 Å². The smallest absolute Gasteiger partial charge is 0.355 e. The number of hydrogen-bond acceptors (Lipinski definition) is 6. The van der Waals surface area contributed by atoms with Gasteiger partial charge in [-0.15, -0.1) is 5.10 Å². The molecular formula is C19H20N6O2. The van der Waals surface area contributed by atoms with Crippen LogP contribution in [0.3, 0.4) is 0 Å². The van der Waals surface area contributed by atoms with E-state index in [1.807, 2.05) is 31.2 Å². The van der Waals surface area contributed by atoms with Crippen molar-refractivity contribution in [3.05, 3.63) is 41.2 Å². The van der Waals surface area contributed by atoms with E-state index < -0.39 is 5.97 Å². The van der Waals surface area contributed by atoms with E-state index in [4.69, 9.17) is 4.74 Å². The van der Waals surface area contributed by atoms with Gasteiger partial charge in [0.25, 0.3) is 0 Å². The SMILES string of the molecule is CCOC(=O)c1c(-c2ccc(-c3nnnn3C)cc2)c(C#N)c(CC)n1C. The topological polar surface area (TPSA) is 98.6 Å². The van der Waals surface area contributed by atoms with Gasteiger partial charge in [-0.05, 0) is 29.3 Å². The number of benzene rings is 1. The molecule has 1 aromatic carbocycles. The van der Waals surface area contributed by atoms with Crippen LogP contribution in [0.25, 0.3) is 22.5 Å². The monoisotopic (exact) mass is 364 g/mol. The molecule has 0 aliphatic rings. The lowest BCUT2D eigenvalue weighted by Gasteiger charge is -2.08. The lowest BCUT2D eigenvalue weighted by atomic mass is 9.98. The molecule has 3 aromatic rings. The Morgan fingerprint density at radius 2 is 1.85 bits per heavy atom. The summed E-state index contributed by atoms with van der Waals surface area (Å²) in [6, 6.07) is 9.73. The number of tetrazole rings is 1. The minimum absolute atomic E-state index is 0.269. The lowest BCUT2D eigenvalue weighted by Crippen LogP contribution is -2.12. The van der Waals surface area contributed by atoms with Gasteiger partial charge in [0.15, 0.2) is 5.82 Å². The Balaban J connectivity index is 2.17. The van der Waals surface area contributed by atoms with Gasteiger partial charge in [-0.2, -0.15) is 5.26 Å². The first-order valence-electron chi connectivity index (χ1n) is 8.65. The fourth-order valence-corrected chi connectivity index (χ4v) is 3.25. The first-order chi connectivity index (χ1) is 13.0. The molecule has 0 saturated carbocycles. The average molecular weight is 364 g/mol. The van der Waals surface area contributed by atoms with Crippen molar-refractivity contribution < 1.29 is 9.53 Å². The third-order valence-corrected chi connectivity index (χ3v) is 4.48. The molecule has 0 spiro atoms. The number of aromatic nitrogens is 5. The standard InChI is InChI=1S/C19H20N6O2/c1-5-15-14(11-20)16(17(24(15)3)19(26)27-6-2)12-7-9-13(10-8-12)18-21-22-23-25(18)4/h7-10H,5-6H2,1-4H3. The molecule has 8 heteroatoms. The molecule has 0 aliphatic carbocycles. The average Bonchev–Trinajstić information content (AvgIpc) is 3.22. The molecule has 0 N–H and O–H groups in total. The number of hydrogen-bond donors (Lipinski definition) is 0. The fraction of sp³-hybridized carbons (Fsp3) is 0.316. The molecule has 0 saturated heterocycles. The quantitative estimate of drug-likeness (QED) is 0.645. The fourth-order valence-electron chi connectivity index (χ4n) is 3.25. The van der Waals surface area contributed by atoms with E-state index in [2.05, 4.69) is 21.6 Å². The first-order valence-corrected chi connectivity index (χ1v) is 8.65. The summed E-state index contributed by atoms with van der Waals surface area (Å²) < 4.78 is 8.56. The second-order valence-electron chi connectivity index (χ2n) is 5.99. The third-order valence-electron chi connectivity index (χ3n) is 4.48. The molecule has 0 atom stereocenters. The van der Waals surface area contributed by atoms with Gasteiger partial charge in [0.05, 0.1) is 12.2 Å². The van der Waals surface area contributed by atoms with Crippen molar-refractivity contribution >= 4 is 5.97 Å². The van der Waals surface area contributed by atoms with Gasteiger partial charge in [-0.3, -0.25) is 0 Å². The van der Waals surface area contributed by atoms with Crippen molar-refractivity contribution in [3.63, 3.8) is 0 Å². The van der Waals surface area contributed by atoms with Gasteiger partial charge in [0.1, 0.15) is 11.8 Å². The Morgan fingerprint density at radius 1 is 1.19 bits per heavy atom. The van der Waals surface area contributed by atoms with Crippen molar-refractivity contribution in [3.8, 4) is 28.6 Å². The molecule has 27 heavy (non-hydrogen) atoms. The minimum atomic E-state index is -0.437. The van der Waals surface area contributed by atoms with Crippen LogP contribution in [-0.2, 0) is 25.3 Å². The van der Waals surface area contributed by atoms with Crippen LogP contribution in [0.5, 0.6) is 0 Å². The summed E-state index contributed by atoms with van der Waals surface area (Å²) in [5.41, 5.74) is 3.89. The minimum Gasteiger partial charge on any atom is -0.461 e. The second kappa shape index (κ2) is 7.41. The molecule has 0 unspecified atom stereocenters. The number of carbonyl (C=O) groups is 1. The highest BCUT2D eigenvalue weighted by Crippen LogP contribution is 2.34. The van der Waals surface area contributed by atoms with E-state index in [0.29, 0.717) is 29.1 Å². The predicted octanol–water partition coefficient (Wildman–Crippen LogP) is 2.49. The van der Waals surface area contributed by atoms with Crippen LogP contribution in [-0.4, -0.2) is 37.4 Å². The normalized spacial score (nSPS) is 10.6. The van der Waals surface area contributed by atoms with Crippen LogP contribution in [0.4, 0.5) is 0 Å². The maximum Gasteiger partial charge on any atom is 0.355 e. The molecule has 8 nitrogen and oxygen atoms in total. The maximum absolute atomic E-state index is 12.6. The summed E-state index contributed by atoms with van der Waals surface area (Å²) in [7, 11) is 3.55. The van der Waals surface area contributed by atoms with Crippen LogP contribution in [0.2, 0.25) is 0 Å². The zero-order valence-corrected chi connectivity index (χ0v) is 15.7. The van der Waals surface area contributed by atoms with Crippen LogP contribution < -0.4 is 0 Å². The summed E-state index contributed by atoms with van der Waals surface area (Å²) in [4.78, 5) is 12.6. The summed E-state index contributed by atoms with van der Waals surface area (Å²) in [5, 5.41) is 21.2. The highest BCUT2D eigenvalue weighted by molar-refractivity contribution is 5.98. The zero-order valence-electron chi connectivity index (χ0n) is 15.7. The summed E-state index contributed by atoms with van der Waals surface area (Å²) in [6.45, 7) is 3.99. The predicted molar refractivity (Wildman–Crippen MR) is 98.7 cm³/mol. The van der Waals surface area contributed by atoms with Gasteiger partial charge >= 0.3 is 5.97 Å². The van der Waals surface area contributed by atoms with E-state index in [1.54, 1.807) is 30.3 Å². The van der Waals surface area contributed by atoms with Crippen LogP contribution in [0.1, 0.15) is 35.6 Å². The maximum atomic E-state index is 12.6. The number of aryl methyl sites for hydroxylation is 1. The second-order valence-corrected chi connectivity index (χ2v) is 5.99. The van der Waals surface area contributed by atoms with Crippen LogP contribution in [0, 0.1) is 11.3 Å². The number of nitriles is 1. The van der Waals surface area contributed by atoms with E-state index in [-0.39, 0.29) is 6.61 Å². The van der Waals surface area contributed by atoms with Crippen LogP contribution >= 0.6 is 0 Å². The van der Waals surface area contributed by atoms with Gasteiger partial charge in [-0.25, -0.2) is 9.48 Å². The molecule has 0 radical (unpaired) electrons. The largest absolute Gasteiger partial charge is 0.461 e. The number of carbonyl (C=O) groups excluding carboxylic acids is 1. The number of nitrogens with zero attached hydrogens (tertiary/aromatic N) is 6. The zero-order chi connectivity index (χ0) is 19.6. The van der Waals surface area contributed by atoms with Crippen LogP contribution in [0.15, 0.2) is 24.3 Å². The molecule has 2 aromatic heterocycles. The first kappa shape index (κ1) is 18.3. The Kier molecular flexibility index (Phi) is 5.03. The lowest BCUT2D eigenvalue weighted by molar-refractivity contribution is 0.0516. The molecule has 0 aliphatic heterocycles. The van der Waals surface area contributed by atoms with E-state index in [1.165, 1.54) is 0 Å². The number of rotatable bonds is 5. The molecule has 138 valence electrons. The summed E-state index contributed by atoms with van der Waals surface area (Å²) >= 11 is 0. The Bertz CT molecular complexity index is 1020. The van der Waals surface area contributed by atoms with Gasteiger partial charge in [0.2, 0.25) is 0 Å². The Morgan fingerprint density at radius 3 is 2.37 bits per heavy atom. The summed E-state index contributed by atoms with van der Waals surface area (Å²) in [6.07, 6.45) is 0.633. The van der Waals surface area contributed by atoms with Crippen molar-refractivity contribution in [2.24, 2.45) is 14.1 Å². The van der Waals surface area contributed by atoms with E-state index in [0.717, 1.165) is 16.8 Å². The number of esters is 1. The summed E-state index contributed by atoms with van der Waals surface area (Å²) in [5.74, 6) is 0.197. The molecule has 0 bridgehead atoms. The highest BCUT2D eigenvalue weighted by Gasteiger charge is 2.26. The van der Waals surface area contributed by atoms with E-state index in [9.17, 15) is 10.1 Å². The van der Waals surface area contributed by atoms with Crippen molar-refractivity contribution in [1.82, 2.24) is 24.8 Å². The van der Waals surface area contributed by atoms with Crippen molar-refractivity contribution in [1.29, 1.82) is 5.26 Å². The van der Waals surface area contributed by atoms with Gasteiger partial charge in [-0.1, -0.05) is 31.2 Å². The van der Waals surface area contributed by atoms with Crippen molar-refractivity contribution in [2.75, 3.05) is 6.61 Å². The van der Waals surface area contributed by atoms with Crippen molar-refractivity contribution in [2.45, 2.75) is 20.3 Å². The van der Waals surface area contributed by atoms with Gasteiger partial charge in [0, 0.05) is 30.9 Å². The van der Waals surface area contributed by atoms with E-state index >= 15 is 0 Å². The highest BCUT2D eigenvalue weighted by atomic mass is 16.5. The molecular weight excluding hydrogens is 344 g/mol. The molecule has 3 rings (SSSR count). The molecule has 0 fully saturated rings. The molecule has 0 amide bonds.